The highest BCUT2D eigenvalue weighted by Crippen LogP contribution is 2.21. The van der Waals surface area contributed by atoms with E-state index in [1.807, 2.05) is 19.1 Å². The first-order valence-corrected chi connectivity index (χ1v) is 10.9. The molecule has 2 unspecified atom stereocenters. The molecule has 0 aliphatic heterocycles. The summed E-state index contributed by atoms with van der Waals surface area (Å²) in [5.74, 6) is 1.31. The highest BCUT2D eigenvalue weighted by Gasteiger charge is 2.24. The van der Waals surface area contributed by atoms with Crippen LogP contribution in [0.4, 0.5) is 0 Å². The van der Waals surface area contributed by atoms with E-state index in [9.17, 15) is 14.7 Å². The zero-order valence-electron chi connectivity index (χ0n) is 18.2. The molecular weight excluding hydrogens is 380 g/mol. The highest BCUT2D eigenvalue weighted by molar-refractivity contribution is 5.87. The Morgan fingerprint density at radius 2 is 1.73 bits per heavy atom. The van der Waals surface area contributed by atoms with Gasteiger partial charge in [0.25, 0.3) is 0 Å². The molecule has 164 valence electrons. The van der Waals surface area contributed by atoms with E-state index in [0.717, 1.165) is 29.9 Å². The first-order valence-electron chi connectivity index (χ1n) is 10.9. The van der Waals surface area contributed by atoms with Gasteiger partial charge >= 0.3 is 0 Å². The van der Waals surface area contributed by atoms with Crippen molar-refractivity contribution in [2.75, 3.05) is 0 Å². The van der Waals surface area contributed by atoms with Gasteiger partial charge in [0.1, 0.15) is 23.3 Å². The monoisotopic (exact) mass is 414 g/mol. The van der Waals surface area contributed by atoms with Crippen molar-refractivity contribution in [2.24, 2.45) is 0 Å². The fourth-order valence-electron chi connectivity index (χ4n) is 3.41. The van der Waals surface area contributed by atoms with E-state index >= 15 is 0 Å². The molecule has 0 fully saturated rings. The van der Waals surface area contributed by atoms with E-state index in [1.165, 1.54) is 26.2 Å². The minimum Gasteiger partial charge on any atom is -0.508 e. The number of benzene rings is 1. The Morgan fingerprint density at radius 1 is 1.00 bits per heavy atom. The number of carbonyl (C=O) groups is 2. The molecule has 6 nitrogen and oxygen atoms in total. The van der Waals surface area contributed by atoms with Crippen LogP contribution in [0.5, 0.6) is 5.75 Å². The molecule has 1 heterocycles. The van der Waals surface area contributed by atoms with Crippen LogP contribution in [0.3, 0.4) is 0 Å². The third-order valence-corrected chi connectivity index (χ3v) is 5.10. The van der Waals surface area contributed by atoms with E-state index in [4.69, 9.17) is 4.42 Å². The SMILES string of the molecule is CCCCCCc1ccc(C(CC)NC(=O)C(Cc2ccc(O)cc2)NC(C)=O)o1. The van der Waals surface area contributed by atoms with Crippen molar-refractivity contribution in [1.29, 1.82) is 0 Å². The predicted octanol–water partition coefficient (Wildman–Crippen LogP) is 4.42. The van der Waals surface area contributed by atoms with Gasteiger partial charge < -0.3 is 20.2 Å². The second kappa shape index (κ2) is 12.1. The Kier molecular flexibility index (Phi) is 9.45. The molecule has 2 atom stereocenters. The van der Waals surface area contributed by atoms with Gasteiger partial charge in [0.2, 0.25) is 11.8 Å². The normalized spacial score (nSPS) is 12.9. The van der Waals surface area contributed by atoms with E-state index in [-0.39, 0.29) is 23.6 Å². The van der Waals surface area contributed by atoms with Crippen LogP contribution in [0.2, 0.25) is 0 Å². The number of hydrogen-bond donors (Lipinski definition) is 3. The number of hydrogen-bond acceptors (Lipinski definition) is 4. The molecule has 2 rings (SSSR count). The number of aryl methyl sites for hydroxylation is 1. The summed E-state index contributed by atoms with van der Waals surface area (Å²) in [6, 6.07) is 9.57. The lowest BCUT2D eigenvalue weighted by molar-refractivity contribution is -0.128. The third-order valence-electron chi connectivity index (χ3n) is 5.10. The number of amides is 2. The minimum atomic E-state index is -0.704. The minimum absolute atomic E-state index is 0.161. The number of aromatic hydroxyl groups is 1. The number of furan rings is 1. The summed E-state index contributed by atoms with van der Waals surface area (Å²) in [6.45, 7) is 5.57. The van der Waals surface area contributed by atoms with Gasteiger partial charge in [-0.2, -0.15) is 0 Å². The second-order valence-corrected chi connectivity index (χ2v) is 7.71. The smallest absolute Gasteiger partial charge is 0.243 e. The predicted molar refractivity (Wildman–Crippen MR) is 117 cm³/mol. The van der Waals surface area contributed by atoms with Crippen LogP contribution in [0.1, 0.15) is 76.0 Å². The molecule has 1 aromatic heterocycles. The molecule has 3 N–H and O–H groups in total. The Hall–Kier alpha value is -2.76. The quantitative estimate of drug-likeness (QED) is 0.448. The number of rotatable bonds is 12. The van der Waals surface area contributed by atoms with E-state index in [0.29, 0.717) is 12.8 Å². The Labute approximate surface area is 179 Å². The van der Waals surface area contributed by atoms with Gasteiger partial charge in [-0.1, -0.05) is 45.2 Å². The molecule has 2 amide bonds. The van der Waals surface area contributed by atoms with Crippen LogP contribution in [0.15, 0.2) is 40.8 Å². The summed E-state index contributed by atoms with van der Waals surface area (Å²) >= 11 is 0. The zero-order valence-corrected chi connectivity index (χ0v) is 18.2. The molecule has 0 aliphatic rings. The van der Waals surface area contributed by atoms with Crippen molar-refractivity contribution in [1.82, 2.24) is 10.6 Å². The summed E-state index contributed by atoms with van der Waals surface area (Å²) in [7, 11) is 0. The summed E-state index contributed by atoms with van der Waals surface area (Å²) in [5, 5.41) is 15.2. The lowest BCUT2D eigenvalue weighted by atomic mass is 10.0. The van der Waals surface area contributed by atoms with Crippen LogP contribution >= 0.6 is 0 Å². The van der Waals surface area contributed by atoms with Crippen molar-refractivity contribution in [2.45, 2.75) is 77.8 Å². The average Bonchev–Trinajstić information content (AvgIpc) is 3.18. The summed E-state index contributed by atoms with van der Waals surface area (Å²) in [5.41, 5.74) is 0.849. The van der Waals surface area contributed by atoms with E-state index in [2.05, 4.69) is 17.6 Å². The Balaban J connectivity index is 2.01. The lowest BCUT2D eigenvalue weighted by Gasteiger charge is -2.21. The van der Waals surface area contributed by atoms with Crippen LogP contribution in [-0.4, -0.2) is 23.0 Å². The molecule has 0 saturated heterocycles. The van der Waals surface area contributed by atoms with Gasteiger partial charge in [0.05, 0.1) is 6.04 Å². The molecule has 30 heavy (non-hydrogen) atoms. The number of unbranched alkanes of at least 4 members (excludes halogenated alkanes) is 3. The van der Waals surface area contributed by atoms with E-state index in [1.54, 1.807) is 24.3 Å². The van der Waals surface area contributed by atoms with Crippen LogP contribution in [-0.2, 0) is 22.4 Å². The molecule has 2 aromatic rings. The lowest BCUT2D eigenvalue weighted by Crippen LogP contribution is -2.48. The van der Waals surface area contributed by atoms with Crippen molar-refractivity contribution >= 4 is 11.8 Å². The van der Waals surface area contributed by atoms with Crippen molar-refractivity contribution in [3.05, 3.63) is 53.5 Å². The Morgan fingerprint density at radius 3 is 2.37 bits per heavy atom. The topological polar surface area (TPSA) is 91.6 Å². The maximum absolute atomic E-state index is 12.9. The van der Waals surface area contributed by atoms with Gasteiger partial charge in [0.15, 0.2) is 0 Å². The van der Waals surface area contributed by atoms with Gasteiger partial charge in [-0.05, 0) is 42.7 Å². The number of phenols is 1. The molecule has 0 aliphatic carbocycles. The molecule has 0 spiro atoms. The average molecular weight is 415 g/mol. The van der Waals surface area contributed by atoms with Gasteiger partial charge in [-0.15, -0.1) is 0 Å². The second-order valence-electron chi connectivity index (χ2n) is 7.71. The molecule has 1 aromatic carbocycles. The molecule has 0 saturated carbocycles. The maximum atomic E-state index is 12.9. The molecule has 0 bridgehead atoms. The largest absolute Gasteiger partial charge is 0.508 e. The number of nitrogens with one attached hydrogen (secondary N) is 2. The molecule has 0 radical (unpaired) electrons. The van der Waals surface area contributed by atoms with Gasteiger partial charge in [0, 0.05) is 19.8 Å². The fraction of sp³-hybridized carbons (Fsp3) is 0.500. The van der Waals surface area contributed by atoms with Crippen molar-refractivity contribution < 1.29 is 19.1 Å². The number of carbonyl (C=O) groups excluding carboxylic acids is 2. The summed E-state index contributed by atoms with van der Waals surface area (Å²) in [6.07, 6.45) is 6.64. The number of phenolic OH excluding ortho intramolecular Hbond substituents is 1. The van der Waals surface area contributed by atoms with Crippen LogP contribution in [0.25, 0.3) is 0 Å². The van der Waals surface area contributed by atoms with Crippen molar-refractivity contribution in [3.63, 3.8) is 0 Å². The van der Waals surface area contributed by atoms with Crippen LogP contribution in [0, 0.1) is 0 Å². The standard InChI is InChI=1S/C24H34N2O4/c1-4-6-7-8-9-20-14-15-23(30-20)21(5-2)26-24(29)22(25-17(3)27)16-18-10-12-19(28)13-11-18/h10-15,21-22,28H,4-9,16H2,1-3H3,(H,25,27)(H,26,29). The van der Waals surface area contributed by atoms with E-state index < -0.39 is 6.04 Å². The fourth-order valence-corrected chi connectivity index (χ4v) is 3.41. The van der Waals surface area contributed by atoms with Crippen LogP contribution < -0.4 is 10.6 Å². The highest BCUT2D eigenvalue weighted by atomic mass is 16.3. The molecule has 6 heteroatoms. The Bertz CT molecular complexity index is 798. The zero-order chi connectivity index (χ0) is 21.9. The first kappa shape index (κ1) is 23.5. The summed E-state index contributed by atoms with van der Waals surface area (Å²) < 4.78 is 5.98. The molecular formula is C24H34N2O4. The third kappa shape index (κ3) is 7.58. The van der Waals surface area contributed by atoms with Gasteiger partial charge in [-0.3, -0.25) is 9.59 Å². The first-order chi connectivity index (χ1) is 14.4. The van der Waals surface area contributed by atoms with Crippen molar-refractivity contribution in [3.8, 4) is 5.75 Å². The maximum Gasteiger partial charge on any atom is 0.243 e. The van der Waals surface area contributed by atoms with Gasteiger partial charge in [-0.25, -0.2) is 0 Å². The summed E-state index contributed by atoms with van der Waals surface area (Å²) in [4.78, 5) is 24.6.